The van der Waals surface area contributed by atoms with Crippen LogP contribution in [0.25, 0.3) is 5.57 Å². The second-order valence-electron chi connectivity index (χ2n) is 11.5. The van der Waals surface area contributed by atoms with E-state index in [-0.39, 0.29) is 35.1 Å². The van der Waals surface area contributed by atoms with Gasteiger partial charge in [0.25, 0.3) is 11.5 Å². The van der Waals surface area contributed by atoms with Crippen LogP contribution in [0.2, 0.25) is 0 Å². The molecule has 37 heavy (non-hydrogen) atoms. The molecule has 3 heterocycles. The first-order valence-corrected chi connectivity index (χ1v) is 13.0. The molecule has 0 aliphatic carbocycles. The first-order chi connectivity index (χ1) is 17.2. The highest BCUT2D eigenvalue weighted by molar-refractivity contribution is 6.05. The molecule has 0 spiro atoms. The minimum absolute atomic E-state index is 0.0634. The fourth-order valence-corrected chi connectivity index (χ4v) is 5.48. The summed E-state index contributed by atoms with van der Waals surface area (Å²) in [5, 5.41) is 18.0. The number of pyridine rings is 2. The minimum atomic E-state index is -0.348. The van der Waals surface area contributed by atoms with Crippen LogP contribution in [-0.4, -0.2) is 39.2 Å². The summed E-state index contributed by atoms with van der Waals surface area (Å²) in [6.45, 7) is 18.5. The number of hydrogen-bond donors (Lipinski definition) is 5. The molecule has 2 aromatic rings. The zero-order valence-electron chi connectivity index (χ0n) is 23.7. The zero-order valence-corrected chi connectivity index (χ0v) is 23.7. The lowest BCUT2D eigenvalue weighted by molar-refractivity contribution is 0.0950. The third-order valence-corrected chi connectivity index (χ3v) is 6.74. The molecule has 1 aliphatic heterocycles. The molecule has 0 fully saturated rings. The van der Waals surface area contributed by atoms with Crippen molar-refractivity contribution in [2.45, 2.75) is 98.8 Å². The van der Waals surface area contributed by atoms with Gasteiger partial charge >= 0.3 is 0 Å². The van der Waals surface area contributed by atoms with Crippen LogP contribution in [0.1, 0.15) is 98.9 Å². The fraction of sp³-hybridized carbons (Fsp3) is 0.517. The summed E-state index contributed by atoms with van der Waals surface area (Å²) in [6, 6.07) is 1.84. The van der Waals surface area contributed by atoms with E-state index in [1.807, 2.05) is 34.6 Å². The molecule has 200 valence electrons. The summed E-state index contributed by atoms with van der Waals surface area (Å²) in [5.41, 5.74) is 5.34. The van der Waals surface area contributed by atoms with E-state index in [1.54, 1.807) is 6.07 Å². The Morgan fingerprint density at radius 1 is 1.22 bits per heavy atom. The average molecular weight is 507 g/mol. The average Bonchev–Trinajstić information content (AvgIpc) is 2.75. The third-order valence-electron chi connectivity index (χ3n) is 6.74. The highest BCUT2D eigenvalue weighted by Gasteiger charge is 2.33. The van der Waals surface area contributed by atoms with Crippen molar-refractivity contribution in [2.24, 2.45) is 0 Å². The van der Waals surface area contributed by atoms with Gasteiger partial charge in [-0.25, -0.2) is 4.98 Å². The number of carbonyl (C=O) groups is 1. The van der Waals surface area contributed by atoms with Crippen molar-refractivity contribution in [2.75, 3.05) is 5.32 Å². The van der Waals surface area contributed by atoms with Crippen LogP contribution in [0.3, 0.4) is 0 Å². The molecular weight excluding hydrogens is 464 g/mol. The molecule has 1 aliphatic rings. The summed E-state index contributed by atoms with van der Waals surface area (Å²) < 4.78 is 0. The summed E-state index contributed by atoms with van der Waals surface area (Å²) in [4.78, 5) is 34.0. The summed E-state index contributed by atoms with van der Waals surface area (Å²) in [6.07, 6.45) is 4.86. The molecule has 0 bridgehead atoms. The van der Waals surface area contributed by atoms with Gasteiger partial charge in [-0.1, -0.05) is 13.0 Å². The summed E-state index contributed by atoms with van der Waals surface area (Å²) in [5.74, 6) is 0.153. The number of aromatic amines is 1. The van der Waals surface area contributed by atoms with Gasteiger partial charge in [-0.2, -0.15) is 0 Å². The zero-order chi connectivity index (χ0) is 27.7. The van der Waals surface area contributed by atoms with E-state index in [0.717, 1.165) is 35.2 Å². The van der Waals surface area contributed by atoms with E-state index >= 15 is 0 Å². The number of aryl methyl sites for hydroxylation is 1. The van der Waals surface area contributed by atoms with Gasteiger partial charge in [-0.3, -0.25) is 9.59 Å². The number of carbonyl (C=O) groups excluding carboxylic acids is 1. The number of hydrogen-bond acceptors (Lipinski definition) is 6. The Kier molecular flexibility index (Phi) is 8.12. The normalized spacial score (nSPS) is 16.3. The SMILES string of the molecule is CCc1c(C)[nH]c(=O)c(CNC(=O)c2cc(C3=CC(C)(C)NC(C)(C)C3)nc(NC(C)C)c2C=N)c1C. The monoisotopic (exact) mass is 506 g/mol. The topological polar surface area (TPSA) is 123 Å². The first kappa shape index (κ1) is 28.3. The molecule has 3 rings (SSSR count). The Hall–Kier alpha value is -3.26. The smallest absolute Gasteiger partial charge is 0.253 e. The molecule has 0 saturated carbocycles. The van der Waals surface area contributed by atoms with E-state index in [2.05, 4.69) is 54.7 Å². The van der Waals surface area contributed by atoms with Gasteiger partial charge in [0.2, 0.25) is 0 Å². The second-order valence-corrected chi connectivity index (χ2v) is 11.5. The minimum Gasteiger partial charge on any atom is -0.367 e. The molecule has 2 aromatic heterocycles. The van der Waals surface area contributed by atoms with Crippen LogP contribution in [0, 0.1) is 19.3 Å². The van der Waals surface area contributed by atoms with Crippen molar-refractivity contribution in [3.8, 4) is 0 Å². The van der Waals surface area contributed by atoms with E-state index in [4.69, 9.17) is 10.4 Å². The van der Waals surface area contributed by atoms with E-state index in [9.17, 15) is 9.59 Å². The van der Waals surface area contributed by atoms with Gasteiger partial charge in [0.1, 0.15) is 5.82 Å². The lowest BCUT2D eigenvalue weighted by Crippen LogP contribution is -2.53. The molecule has 0 aromatic carbocycles. The van der Waals surface area contributed by atoms with Crippen molar-refractivity contribution in [3.63, 3.8) is 0 Å². The molecule has 0 saturated heterocycles. The Morgan fingerprint density at radius 2 is 1.89 bits per heavy atom. The van der Waals surface area contributed by atoms with E-state index in [1.165, 1.54) is 6.21 Å². The van der Waals surface area contributed by atoms with Crippen molar-refractivity contribution >= 4 is 23.5 Å². The van der Waals surface area contributed by atoms with Crippen LogP contribution in [-0.2, 0) is 13.0 Å². The predicted molar refractivity (Wildman–Crippen MR) is 152 cm³/mol. The van der Waals surface area contributed by atoms with Crippen LogP contribution in [0.15, 0.2) is 16.9 Å². The number of nitrogens with one attached hydrogen (secondary N) is 5. The standard InChI is InChI=1S/C29H42N6O2/c1-10-20-17(4)23(27(37)33-18(20)5)15-31-26(36)21-11-24(34-25(22(21)14-30)32-16(2)3)19-12-28(6,7)35-29(8,9)13-19/h11-12,14,16,30,35H,10,13,15H2,1-9H3,(H,31,36)(H,32,34)(H,33,37). The largest absolute Gasteiger partial charge is 0.367 e. The Labute approximate surface area is 220 Å². The fourth-order valence-electron chi connectivity index (χ4n) is 5.48. The molecule has 5 N–H and O–H groups in total. The number of rotatable bonds is 8. The van der Waals surface area contributed by atoms with Crippen molar-refractivity contribution in [1.82, 2.24) is 20.6 Å². The van der Waals surface area contributed by atoms with E-state index < -0.39 is 0 Å². The lowest BCUT2D eigenvalue weighted by Gasteiger charge is -2.41. The third kappa shape index (κ3) is 6.36. The van der Waals surface area contributed by atoms with Crippen molar-refractivity contribution in [3.05, 3.63) is 61.7 Å². The number of amides is 1. The highest BCUT2D eigenvalue weighted by Crippen LogP contribution is 2.34. The van der Waals surface area contributed by atoms with E-state index in [0.29, 0.717) is 28.2 Å². The van der Waals surface area contributed by atoms with Crippen LogP contribution < -0.4 is 21.5 Å². The van der Waals surface area contributed by atoms with Crippen molar-refractivity contribution < 1.29 is 4.79 Å². The van der Waals surface area contributed by atoms with Gasteiger partial charge in [-0.05, 0) is 91.0 Å². The Balaban J connectivity index is 2.07. The quantitative estimate of drug-likeness (QED) is 0.334. The maximum Gasteiger partial charge on any atom is 0.253 e. The number of H-pyrrole nitrogens is 1. The van der Waals surface area contributed by atoms with Gasteiger partial charge in [0, 0.05) is 46.7 Å². The Morgan fingerprint density at radius 3 is 2.46 bits per heavy atom. The number of anilines is 1. The molecule has 0 radical (unpaired) electrons. The van der Waals surface area contributed by atoms with Crippen LogP contribution in [0.4, 0.5) is 5.82 Å². The Bertz CT molecular complexity index is 1300. The van der Waals surface area contributed by atoms with Crippen LogP contribution >= 0.6 is 0 Å². The molecule has 8 nitrogen and oxygen atoms in total. The molecular formula is C29H42N6O2. The lowest BCUT2D eigenvalue weighted by atomic mass is 9.82. The van der Waals surface area contributed by atoms with Crippen molar-refractivity contribution in [1.29, 1.82) is 5.41 Å². The van der Waals surface area contributed by atoms with Gasteiger partial charge < -0.3 is 26.3 Å². The molecule has 1 amide bonds. The summed E-state index contributed by atoms with van der Waals surface area (Å²) in [7, 11) is 0. The number of nitrogens with zero attached hydrogens (tertiary/aromatic N) is 1. The summed E-state index contributed by atoms with van der Waals surface area (Å²) >= 11 is 0. The van der Waals surface area contributed by atoms with Crippen LogP contribution in [0.5, 0.6) is 0 Å². The van der Waals surface area contributed by atoms with Gasteiger partial charge in [0.05, 0.1) is 11.3 Å². The van der Waals surface area contributed by atoms with Gasteiger partial charge in [-0.15, -0.1) is 0 Å². The molecule has 0 atom stereocenters. The first-order valence-electron chi connectivity index (χ1n) is 13.0. The van der Waals surface area contributed by atoms with Gasteiger partial charge in [0.15, 0.2) is 0 Å². The molecule has 0 unspecified atom stereocenters. The number of aromatic nitrogens is 2. The maximum atomic E-state index is 13.6. The molecule has 8 heteroatoms. The predicted octanol–water partition coefficient (Wildman–Crippen LogP) is 4.63. The maximum absolute atomic E-state index is 13.6. The second kappa shape index (κ2) is 10.6. The highest BCUT2D eigenvalue weighted by atomic mass is 16.1.